The van der Waals surface area contributed by atoms with E-state index in [2.05, 4.69) is 71.1 Å². The Labute approximate surface area is 168 Å². The van der Waals surface area contributed by atoms with Gasteiger partial charge in [-0.05, 0) is 44.2 Å². The van der Waals surface area contributed by atoms with Crippen molar-refractivity contribution in [2.75, 3.05) is 19.6 Å². The molecule has 0 bridgehead atoms. The average molecular weight is 455 g/mol. The van der Waals surface area contributed by atoms with Gasteiger partial charge in [0, 0.05) is 32.4 Å². The van der Waals surface area contributed by atoms with Crippen LogP contribution in [-0.2, 0) is 13.0 Å². The number of rotatable bonds is 9. The maximum atomic E-state index is 4.63. The summed E-state index contributed by atoms with van der Waals surface area (Å²) in [7, 11) is 0. The normalized spacial score (nSPS) is 11.0. The Bertz CT molecular complexity index is 609. The first-order chi connectivity index (χ1) is 11.8. The van der Waals surface area contributed by atoms with Crippen molar-refractivity contribution in [2.24, 2.45) is 4.99 Å². The summed E-state index contributed by atoms with van der Waals surface area (Å²) in [5.74, 6) is 0.905. The summed E-state index contributed by atoms with van der Waals surface area (Å²) in [4.78, 5) is 4.63. The molecular formula is C19H30IN5. The molecule has 5 nitrogen and oxygen atoms in total. The molecule has 0 saturated carbocycles. The molecule has 1 heterocycles. The number of hydrogen-bond acceptors (Lipinski definition) is 2. The van der Waals surface area contributed by atoms with Gasteiger partial charge in [0.2, 0.25) is 0 Å². The number of guanidine groups is 1. The Hall–Kier alpha value is -1.57. The highest BCUT2D eigenvalue weighted by Gasteiger charge is 1.98. The van der Waals surface area contributed by atoms with Crippen molar-refractivity contribution in [3.8, 4) is 0 Å². The van der Waals surface area contributed by atoms with Gasteiger partial charge >= 0.3 is 0 Å². The third-order valence-corrected chi connectivity index (χ3v) is 3.70. The van der Waals surface area contributed by atoms with Crippen molar-refractivity contribution in [2.45, 2.75) is 39.7 Å². The number of aliphatic imine (C=N–C) groups is 1. The van der Waals surface area contributed by atoms with E-state index in [-0.39, 0.29) is 24.0 Å². The standard InChI is InChI=1S/C19H29N5.HI/c1-3-20-19(21-12-7-11-18-9-5-4-6-10-18)22-13-8-14-24-16-17(2)15-23-24;/h4-6,9-10,15-16H,3,7-8,11-14H2,1-2H3,(H2,20,21,22);1H. The Morgan fingerprint density at radius 1 is 1.16 bits per heavy atom. The molecule has 2 aromatic rings. The number of benzene rings is 1. The predicted molar refractivity (Wildman–Crippen MR) is 116 cm³/mol. The average Bonchev–Trinajstić information content (AvgIpc) is 3.01. The zero-order valence-corrected chi connectivity index (χ0v) is 17.6. The molecule has 2 N–H and O–H groups in total. The number of nitrogens with zero attached hydrogens (tertiary/aromatic N) is 3. The molecule has 2 rings (SSSR count). The van der Waals surface area contributed by atoms with Crippen LogP contribution in [0.4, 0.5) is 0 Å². The minimum atomic E-state index is 0. The lowest BCUT2D eigenvalue weighted by Crippen LogP contribution is -2.38. The molecule has 6 heteroatoms. The zero-order valence-electron chi connectivity index (χ0n) is 15.2. The Morgan fingerprint density at radius 3 is 2.64 bits per heavy atom. The third-order valence-electron chi connectivity index (χ3n) is 3.70. The van der Waals surface area contributed by atoms with E-state index >= 15 is 0 Å². The van der Waals surface area contributed by atoms with E-state index in [1.165, 1.54) is 11.1 Å². The molecule has 0 saturated heterocycles. The molecule has 25 heavy (non-hydrogen) atoms. The van der Waals surface area contributed by atoms with Gasteiger partial charge in [-0.1, -0.05) is 30.3 Å². The first-order valence-corrected chi connectivity index (χ1v) is 8.83. The molecule has 0 aliphatic rings. The molecule has 1 aromatic carbocycles. The van der Waals surface area contributed by atoms with Gasteiger partial charge in [0.25, 0.3) is 0 Å². The van der Waals surface area contributed by atoms with Gasteiger partial charge in [-0.25, -0.2) is 0 Å². The summed E-state index contributed by atoms with van der Waals surface area (Å²) in [6.07, 6.45) is 7.13. The smallest absolute Gasteiger partial charge is 0.191 e. The molecule has 0 aliphatic carbocycles. The quantitative estimate of drug-likeness (QED) is 0.264. The predicted octanol–water partition coefficient (Wildman–Crippen LogP) is 3.39. The third kappa shape index (κ3) is 8.90. The molecular weight excluding hydrogens is 425 g/mol. The van der Waals surface area contributed by atoms with Crippen LogP contribution in [0.5, 0.6) is 0 Å². The molecule has 138 valence electrons. The van der Waals surface area contributed by atoms with Crippen LogP contribution in [0, 0.1) is 6.92 Å². The van der Waals surface area contributed by atoms with E-state index < -0.39 is 0 Å². The lowest BCUT2D eigenvalue weighted by atomic mass is 10.1. The van der Waals surface area contributed by atoms with Crippen LogP contribution >= 0.6 is 24.0 Å². The molecule has 0 aliphatic heterocycles. The van der Waals surface area contributed by atoms with Crippen LogP contribution in [0.1, 0.15) is 30.9 Å². The maximum Gasteiger partial charge on any atom is 0.191 e. The van der Waals surface area contributed by atoms with Crippen LogP contribution < -0.4 is 10.6 Å². The van der Waals surface area contributed by atoms with Gasteiger partial charge < -0.3 is 10.6 Å². The Morgan fingerprint density at radius 2 is 1.96 bits per heavy atom. The van der Waals surface area contributed by atoms with E-state index in [1.54, 1.807) is 0 Å². The summed E-state index contributed by atoms with van der Waals surface area (Å²) in [6, 6.07) is 10.6. The summed E-state index contributed by atoms with van der Waals surface area (Å²) in [6.45, 7) is 7.66. The minimum absolute atomic E-state index is 0. The monoisotopic (exact) mass is 455 g/mol. The van der Waals surface area contributed by atoms with Gasteiger partial charge in [0.1, 0.15) is 0 Å². The molecule has 0 atom stereocenters. The second-order valence-electron chi connectivity index (χ2n) is 5.91. The maximum absolute atomic E-state index is 4.63. The van der Waals surface area contributed by atoms with Crippen LogP contribution in [0.2, 0.25) is 0 Å². The van der Waals surface area contributed by atoms with Gasteiger partial charge in [0.05, 0.1) is 6.20 Å². The van der Waals surface area contributed by atoms with Crippen molar-refractivity contribution in [1.82, 2.24) is 20.4 Å². The number of hydrogen-bond donors (Lipinski definition) is 2. The first-order valence-electron chi connectivity index (χ1n) is 8.83. The molecule has 0 fully saturated rings. The van der Waals surface area contributed by atoms with E-state index in [0.717, 1.165) is 51.4 Å². The Balaban J connectivity index is 0.00000312. The van der Waals surface area contributed by atoms with Crippen molar-refractivity contribution < 1.29 is 0 Å². The van der Waals surface area contributed by atoms with E-state index in [4.69, 9.17) is 0 Å². The number of aromatic nitrogens is 2. The molecule has 1 aromatic heterocycles. The summed E-state index contributed by atoms with van der Waals surface area (Å²) < 4.78 is 1.98. The molecule has 0 spiro atoms. The van der Waals surface area contributed by atoms with Crippen molar-refractivity contribution >= 4 is 29.9 Å². The van der Waals surface area contributed by atoms with Gasteiger partial charge in [-0.15, -0.1) is 24.0 Å². The number of aryl methyl sites for hydroxylation is 3. The van der Waals surface area contributed by atoms with Crippen molar-refractivity contribution in [1.29, 1.82) is 0 Å². The van der Waals surface area contributed by atoms with Gasteiger partial charge in [0.15, 0.2) is 5.96 Å². The number of nitrogens with one attached hydrogen (secondary N) is 2. The van der Waals surface area contributed by atoms with E-state index in [9.17, 15) is 0 Å². The van der Waals surface area contributed by atoms with Gasteiger partial charge in [-0.3, -0.25) is 9.67 Å². The lowest BCUT2D eigenvalue weighted by molar-refractivity contribution is 0.583. The van der Waals surface area contributed by atoms with Gasteiger partial charge in [-0.2, -0.15) is 5.10 Å². The first kappa shape index (κ1) is 21.5. The number of halogens is 1. The second kappa shape index (κ2) is 12.7. The zero-order chi connectivity index (χ0) is 17.0. The van der Waals surface area contributed by atoms with Crippen LogP contribution in [-0.4, -0.2) is 35.4 Å². The second-order valence-corrected chi connectivity index (χ2v) is 5.91. The summed E-state index contributed by atoms with van der Waals surface area (Å²) >= 11 is 0. The fourth-order valence-corrected chi connectivity index (χ4v) is 2.50. The minimum Gasteiger partial charge on any atom is -0.357 e. The van der Waals surface area contributed by atoms with Crippen LogP contribution in [0.15, 0.2) is 47.7 Å². The highest BCUT2D eigenvalue weighted by molar-refractivity contribution is 14.0. The summed E-state index contributed by atoms with van der Waals surface area (Å²) in [5, 5.41) is 11.0. The van der Waals surface area contributed by atoms with Crippen molar-refractivity contribution in [3.63, 3.8) is 0 Å². The molecule has 0 amide bonds. The van der Waals surface area contributed by atoms with E-state index in [0.29, 0.717) is 0 Å². The topological polar surface area (TPSA) is 54.2 Å². The SMILES string of the molecule is CCNC(=NCCCn1cc(C)cn1)NCCCc1ccccc1.I. The highest BCUT2D eigenvalue weighted by Crippen LogP contribution is 2.01. The largest absolute Gasteiger partial charge is 0.357 e. The van der Waals surface area contributed by atoms with Crippen LogP contribution in [0.25, 0.3) is 0 Å². The van der Waals surface area contributed by atoms with E-state index in [1.807, 2.05) is 10.9 Å². The van der Waals surface area contributed by atoms with Crippen molar-refractivity contribution in [3.05, 3.63) is 53.9 Å². The molecule has 0 unspecified atom stereocenters. The highest BCUT2D eigenvalue weighted by atomic mass is 127. The lowest BCUT2D eigenvalue weighted by Gasteiger charge is -2.11. The Kier molecular flexibility index (Phi) is 10.9. The fraction of sp³-hybridized carbons (Fsp3) is 0.474. The molecule has 0 radical (unpaired) electrons. The fourth-order valence-electron chi connectivity index (χ4n) is 2.50. The van der Waals surface area contributed by atoms with Crippen LogP contribution in [0.3, 0.4) is 0 Å². The summed E-state index contributed by atoms with van der Waals surface area (Å²) in [5.41, 5.74) is 2.59.